The van der Waals surface area contributed by atoms with Gasteiger partial charge in [0.1, 0.15) is 5.75 Å². The molecule has 0 fully saturated rings. The minimum Gasteiger partial charge on any atom is -0.439 e. The van der Waals surface area contributed by atoms with Crippen molar-refractivity contribution in [2.45, 2.75) is 6.92 Å². The second kappa shape index (κ2) is 4.60. The minimum atomic E-state index is 0.622. The van der Waals surface area contributed by atoms with Crippen LogP contribution in [0.15, 0.2) is 48.5 Å². The summed E-state index contributed by atoms with van der Waals surface area (Å²) in [6, 6.07) is 15.4. The van der Waals surface area contributed by atoms with E-state index in [-0.39, 0.29) is 0 Å². The number of ether oxygens (including phenoxy) is 1. The van der Waals surface area contributed by atoms with Crippen LogP contribution in [0, 0.1) is 6.42 Å². The third kappa shape index (κ3) is 2.56. The summed E-state index contributed by atoms with van der Waals surface area (Å²) < 4.78 is 5.59. The summed E-state index contributed by atoms with van der Waals surface area (Å²) in [6.07, 6.45) is 1.94. The molecule has 0 unspecified atom stereocenters. The topological polar surface area (TPSA) is 22.1 Å². The third-order valence-corrected chi connectivity index (χ3v) is 2.01. The normalized spacial score (nSPS) is 9.93. The summed E-state index contributed by atoms with van der Waals surface area (Å²) in [4.78, 5) is 4.31. The van der Waals surface area contributed by atoms with Crippen LogP contribution in [0.2, 0.25) is 0 Å². The van der Waals surface area contributed by atoms with Crippen molar-refractivity contribution < 1.29 is 4.74 Å². The second-order valence-electron chi connectivity index (χ2n) is 3.10. The molecule has 0 amide bonds. The molecule has 0 spiro atoms. The lowest BCUT2D eigenvalue weighted by Crippen LogP contribution is -1.90. The molecule has 1 radical (unpaired) electrons. The predicted octanol–water partition coefficient (Wildman–Crippen LogP) is 3.45. The lowest BCUT2D eigenvalue weighted by Gasteiger charge is -2.04. The predicted molar refractivity (Wildman–Crippen MR) is 59.8 cm³/mol. The summed E-state index contributed by atoms with van der Waals surface area (Å²) in [7, 11) is 0. The number of para-hydroxylation sites is 1. The molecule has 0 saturated carbocycles. The Morgan fingerprint density at radius 1 is 1.00 bits per heavy atom. The molecule has 0 aliphatic carbocycles. The zero-order chi connectivity index (χ0) is 10.5. The van der Waals surface area contributed by atoms with E-state index >= 15 is 0 Å². The molecule has 1 aromatic carbocycles. The van der Waals surface area contributed by atoms with Gasteiger partial charge >= 0.3 is 0 Å². The van der Waals surface area contributed by atoms with Crippen LogP contribution < -0.4 is 4.74 Å². The van der Waals surface area contributed by atoms with Crippen molar-refractivity contribution in [1.29, 1.82) is 0 Å². The summed E-state index contributed by atoms with van der Waals surface area (Å²) in [5, 5.41) is 0. The van der Waals surface area contributed by atoms with Gasteiger partial charge in [-0.25, -0.2) is 4.98 Å². The lowest BCUT2D eigenvalue weighted by atomic mass is 10.3. The number of aromatic nitrogens is 1. The van der Waals surface area contributed by atoms with Crippen LogP contribution in [0.1, 0.15) is 12.6 Å². The highest BCUT2D eigenvalue weighted by Crippen LogP contribution is 2.18. The van der Waals surface area contributed by atoms with E-state index < -0.39 is 0 Å². The van der Waals surface area contributed by atoms with E-state index in [1.807, 2.05) is 61.9 Å². The Kier molecular flexibility index (Phi) is 2.98. The van der Waals surface area contributed by atoms with Gasteiger partial charge < -0.3 is 4.74 Å². The first-order valence-electron chi connectivity index (χ1n) is 4.88. The van der Waals surface area contributed by atoms with Crippen molar-refractivity contribution >= 4 is 0 Å². The zero-order valence-corrected chi connectivity index (χ0v) is 8.55. The SMILES string of the molecule is C[CH]c1cccc(Oc2ccccc2)n1. The number of benzene rings is 1. The molecule has 1 heterocycles. The first kappa shape index (κ1) is 9.71. The molecule has 0 saturated heterocycles. The zero-order valence-electron chi connectivity index (χ0n) is 8.55. The molecule has 75 valence electrons. The molecule has 0 N–H and O–H groups in total. The van der Waals surface area contributed by atoms with Gasteiger partial charge in [0.05, 0.1) is 0 Å². The molecule has 0 aliphatic rings. The molecule has 2 rings (SSSR count). The summed E-state index contributed by atoms with van der Waals surface area (Å²) in [5.74, 6) is 1.43. The molecule has 0 aliphatic heterocycles. The van der Waals surface area contributed by atoms with Crippen LogP contribution in [0.5, 0.6) is 11.6 Å². The fourth-order valence-corrected chi connectivity index (χ4v) is 1.26. The van der Waals surface area contributed by atoms with E-state index in [1.165, 1.54) is 0 Å². The van der Waals surface area contributed by atoms with Crippen molar-refractivity contribution in [3.8, 4) is 11.6 Å². The number of pyridine rings is 1. The fraction of sp³-hybridized carbons (Fsp3) is 0.0769. The Balaban J connectivity index is 2.17. The van der Waals surface area contributed by atoms with Gasteiger partial charge in [0.15, 0.2) is 0 Å². The molecular formula is C13H12NO. The Hall–Kier alpha value is -1.83. The standard InChI is InChI=1S/C13H12NO/c1-2-11-7-6-10-13(14-11)15-12-8-4-3-5-9-12/h2-10H,1H3. The molecule has 2 heteroatoms. The summed E-state index contributed by atoms with van der Waals surface area (Å²) in [6.45, 7) is 1.95. The van der Waals surface area contributed by atoms with Crippen LogP contribution in [-0.2, 0) is 0 Å². The third-order valence-electron chi connectivity index (χ3n) is 2.01. The molecule has 0 bridgehead atoms. The second-order valence-corrected chi connectivity index (χ2v) is 3.10. The Morgan fingerprint density at radius 3 is 2.53 bits per heavy atom. The fourth-order valence-electron chi connectivity index (χ4n) is 1.26. The van der Waals surface area contributed by atoms with Crippen molar-refractivity contribution in [2.24, 2.45) is 0 Å². The Bertz CT molecular complexity index is 426. The quantitative estimate of drug-likeness (QED) is 0.753. The summed E-state index contributed by atoms with van der Waals surface area (Å²) >= 11 is 0. The molecule has 1 aromatic heterocycles. The van der Waals surface area contributed by atoms with Crippen molar-refractivity contribution in [3.63, 3.8) is 0 Å². The van der Waals surface area contributed by atoms with Gasteiger partial charge in [-0.05, 0) is 18.2 Å². The van der Waals surface area contributed by atoms with E-state index in [1.54, 1.807) is 0 Å². The maximum absolute atomic E-state index is 5.59. The van der Waals surface area contributed by atoms with Crippen molar-refractivity contribution in [2.75, 3.05) is 0 Å². The first-order chi connectivity index (χ1) is 7.38. The van der Waals surface area contributed by atoms with Gasteiger partial charge in [-0.2, -0.15) is 0 Å². The van der Waals surface area contributed by atoms with Gasteiger partial charge in [0, 0.05) is 18.2 Å². The lowest BCUT2D eigenvalue weighted by molar-refractivity contribution is 0.462. The smallest absolute Gasteiger partial charge is 0.219 e. The molecule has 15 heavy (non-hydrogen) atoms. The molecule has 2 nitrogen and oxygen atoms in total. The van der Waals surface area contributed by atoms with E-state index in [0.29, 0.717) is 5.88 Å². The van der Waals surface area contributed by atoms with E-state index in [2.05, 4.69) is 4.98 Å². The molecule has 2 aromatic rings. The van der Waals surface area contributed by atoms with E-state index in [4.69, 9.17) is 4.74 Å². The van der Waals surface area contributed by atoms with Gasteiger partial charge in [-0.3, -0.25) is 0 Å². The average Bonchev–Trinajstić information content (AvgIpc) is 2.31. The maximum Gasteiger partial charge on any atom is 0.219 e. The number of rotatable bonds is 3. The average molecular weight is 198 g/mol. The van der Waals surface area contributed by atoms with E-state index in [9.17, 15) is 0 Å². The van der Waals surface area contributed by atoms with Gasteiger partial charge in [-0.15, -0.1) is 0 Å². The monoisotopic (exact) mass is 198 g/mol. The number of hydrogen-bond acceptors (Lipinski definition) is 2. The highest BCUT2D eigenvalue weighted by Gasteiger charge is 1.98. The largest absolute Gasteiger partial charge is 0.439 e. The molecule has 0 atom stereocenters. The highest BCUT2D eigenvalue weighted by atomic mass is 16.5. The van der Waals surface area contributed by atoms with Crippen molar-refractivity contribution in [3.05, 3.63) is 60.6 Å². The van der Waals surface area contributed by atoms with Crippen LogP contribution in [0.3, 0.4) is 0 Å². The van der Waals surface area contributed by atoms with Gasteiger partial charge in [0.25, 0.3) is 0 Å². The van der Waals surface area contributed by atoms with Crippen LogP contribution >= 0.6 is 0 Å². The first-order valence-corrected chi connectivity index (χ1v) is 4.88. The van der Waals surface area contributed by atoms with Crippen molar-refractivity contribution in [1.82, 2.24) is 4.98 Å². The Morgan fingerprint density at radius 2 is 1.80 bits per heavy atom. The van der Waals surface area contributed by atoms with E-state index in [0.717, 1.165) is 11.4 Å². The minimum absolute atomic E-state index is 0.622. The molecular weight excluding hydrogens is 186 g/mol. The summed E-state index contributed by atoms with van der Waals surface area (Å²) in [5.41, 5.74) is 0.920. The number of nitrogens with zero attached hydrogens (tertiary/aromatic N) is 1. The maximum atomic E-state index is 5.59. The van der Waals surface area contributed by atoms with Crippen LogP contribution in [0.25, 0.3) is 0 Å². The highest BCUT2D eigenvalue weighted by molar-refractivity contribution is 5.28. The Labute approximate surface area is 89.6 Å². The van der Waals surface area contributed by atoms with Crippen LogP contribution in [0.4, 0.5) is 0 Å². The van der Waals surface area contributed by atoms with Crippen LogP contribution in [-0.4, -0.2) is 4.98 Å². The van der Waals surface area contributed by atoms with Gasteiger partial charge in [-0.1, -0.05) is 31.2 Å². The van der Waals surface area contributed by atoms with Gasteiger partial charge in [0.2, 0.25) is 5.88 Å². The number of hydrogen-bond donors (Lipinski definition) is 0.